The number of rotatable bonds is 4. The van der Waals surface area contributed by atoms with Crippen LogP contribution >= 0.6 is 12.4 Å². The Hall–Kier alpha value is -1.66. The van der Waals surface area contributed by atoms with Crippen LogP contribution in [0.3, 0.4) is 0 Å². The number of halogens is 1. The number of nitrogens with one attached hydrogen (secondary N) is 1. The van der Waals surface area contributed by atoms with Crippen LogP contribution in [0.25, 0.3) is 0 Å². The highest BCUT2D eigenvalue weighted by Gasteiger charge is 2.40. The average Bonchev–Trinajstić information content (AvgIpc) is 2.52. The Kier molecular flexibility index (Phi) is 6.18. The van der Waals surface area contributed by atoms with Gasteiger partial charge in [0, 0.05) is 30.6 Å². The van der Waals surface area contributed by atoms with Crippen LogP contribution in [0, 0.1) is 27.9 Å². The van der Waals surface area contributed by atoms with Crippen molar-refractivity contribution in [3.05, 3.63) is 39.9 Å². The van der Waals surface area contributed by atoms with Crippen LogP contribution in [0.15, 0.2) is 24.3 Å². The molecule has 0 aliphatic heterocycles. The maximum Gasteiger partial charge on any atom is 0.269 e. The molecule has 0 saturated heterocycles. The van der Waals surface area contributed by atoms with Crippen molar-refractivity contribution in [3.8, 4) is 0 Å². The van der Waals surface area contributed by atoms with Gasteiger partial charge >= 0.3 is 0 Å². The van der Waals surface area contributed by atoms with Gasteiger partial charge in [0.15, 0.2) is 0 Å². The topological polar surface area (TPSA) is 98.3 Å². The molecule has 1 amide bonds. The largest absolute Gasteiger partial charge is 0.352 e. The van der Waals surface area contributed by atoms with Gasteiger partial charge in [-0.3, -0.25) is 14.9 Å². The Bertz CT molecular complexity index is 579. The zero-order chi connectivity index (χ0) is 16.4. The van der Waals surface area contributed by atoms with Crippen molar-refractivity contribution in [3.63, 3.8) is 0 Å². The predicted octanol–water partition coefficient (Wildman–Crippen LogP) is 2.79. The van der Waals surface area contributed by atoms with E-state index in [0.29, 0.717) is 18.4 Å². The van der Waals surface area contributed by atoms with Crippen molar-refractivity contribution in [1.29, 1.82) is 0 Å². The summed E-state index contributed by atoms with van der Waals surface area (Å²) in [5.74, 6) is 1.12. The lowest BCUT2D eigenvalue weighted by atomic mass is 9.65. The summed E-state index contributed by atoms with van der Waals surface area (Å²) in [5, 5.41) is 13.6. The minimum absolute atomic E-state index is 0. The van der Waals surface area contributed by atoms with E-state index in [1.54, 1.807) is 12.1 Å². The summed E-state index contributed by atoms with van der Waals surface area (Å²) in [5.41, 5.74) is 7.20. The molecule has 24 heavy (non-hydrogen) atoms. The van der Waals surface area contributed by atoms with E-state index in [1.807, 2.05) is 0 Å². The first-order chi connectivity index (χ1) is 11.0. The average molecular weight is 354 g/mol. The molecule has 2 fully saturated rings. The maximum absolute atomic E-state index is 12.4. The Morgan fingerprint density at radius 3 is 2.33 bits per heavy atom. The zero-order valence-corrected chi connectivity index (χ0v) is 14.3. The third-order valence-electron chi connectivity index (χ3n) is 5.40. The van der Waals surface area contributed by atoms with Gasteiger partial charge in [0.25, 0.3) is 5.69 Å². The predicted molar refractivity (Wildman–Crippen MR) is 93.7 cm³/mol. The molecule has 0 heterocycles. The number of benzene rings is 1. The second-order valence-corrected chi connectivity index (χ2v) is 6.84. The standard InChI is InChI=1S/C17H23N3O3.ClH/c18-16-12-2-1-3-13(16)9-14(8-12)17(21)19-10-11-4-6-15(7-5-11)20(22)23;/h4-7,12-14,16H,1-3,8-10,18H2,(H,19,21);1H. The van der Waals surface area contributed by atoms with Gasteiger partial charge in [-0.05, 0) is 43.1 Å². The van der Waals surface area contributed by atoms with E-state index in [0.717, 1.165) is 31.2 Å². The van der Waals surface area contributed by atoms with Crippen LogP contribution in [0.4, 0.5) is 5.69 Å². The highest BCUT2D eigenvalue weighted by atomic mass is 35.5. The Labute approximate surface area is 147 Å². The molecule has 2 saturated carbocycles. The van der Waals surface area contributed by atoms with Gasteiger partial charge in [0.2, 0.25) is 5.91 Å². The maximum atomic E-state index is 12.4. The normalized spacial score (nSPS) is 28.5. The first kappa shape index (κ1) is 18.7. The number of carbonyl (C=O) groups is 1. The van der Waals surface area contributed by atoms with Gasteiger partial charge < -0.3 is 11.1 Å². The fraction of sp³-hybridized carbons (Fsp3) is 0.588. The van der Waals surface area contributed by atoms with E-state index in [9.17, 15) is 14.9 Å². The summed E-state index contributed by atoms with van der Waals surface area (Å²) in [6, 6.07) is 6.56. The van der Waals surface area contributed by atoms with Crippen LogP contribution < -0.4 is 11.1 Å². The number of nitrogens with two attached hydrogens (primary N) is 1. The summed E-state index contributed by atoms with van der Waals surface area (Å²) >= 11 is 0. The number of hydrogen-bond acceptors (Lipinski definition) is 4. The number of hydrogen-bond donors (Lipinski definition) is 2. The number of non-ortho nitro benzene ring substituents is 1. The van der Waals surface area contributed by atoms with Gasteiger partial charge in [0.1, 0.15) is 0 Å². The molecule has 2 aliphatic carbocycles. The van der Waals surface area contributed by atoms with Crippen molar-refractivity contribution in [2.24, 2.45) is 23.5 Å². The van der Waals surface area contributed by atoms with E-state index in [1.165, 1.54) is 18.6 Å². The highest BCUT2D eigenvalue weighted by molar-refractivity contribution is 5.85. The molecule has 0 radical (unpaired) electrons. The molecule has 0 spiro atoms. The van der Waals surface area contributed by atoms with Crippen LogP contribution in [-0.2, 0) is 11.3 Å². The van der Waals surface area contributed by atoms with Crippen LogP contribution in [0.1, 0.15) is 37.7 Å². The third kappa shape index (κ3) is 4.05. The van der Waals surface area contributed by atoms with Gasteiger partial charge in [-0.1, -0.05) is 18.6 Å². The van der Waals surface area contributed by atoms with Gasteiger partial charge in [-0.2, -0.15) is 0 Å². The van der Waals surface area contributed by atoms with E-state index in [2.05, 4.69) is 5.32 Å². The number of nitro benzene ring substituents is 1. The first-order valence-corrected chi connectivity index (χ1v) is 8.31. The van der Waals surface area contributed by atoms with Gasteiger partial charge in [-0.25, -0.2) is 0 Å². The Balaban J connectivity index is 0.00000208. The molecule has 6 nitrogen and oxygen atoms in total. The van der Waals surface area contributed by atoms with Crippen molar-refractivity contribution in [2.75, 3.05) is 0 Å². The number of nitrogens with zero attached hydrogens (tertiary/aromatic N) is 1. The molecular formula is C17H24ClN3O3. The van der Waals surface area contributed by atoms with Gasteiger partial charge in [-0.15, -0.1) is 12.4 Å². The number of nitro groups is 1. The summed E-state index contributed by atoms with van der Waals surface area (Å²) in [6.45, 7) is 0.411. The van der Waals surface area contributed by atoms with Crippen molar-refractivity contribution >= 4 is 24.0 Å². The second kappa shape index (κ2) is 7.94. The molecule has 2 bridgehead atoms. The third-order valence-corrected chi connectivity index (χ3v) is 5.40. The molecule has 3 N–H and O–H groups in total. The lowest BCUT2D eigenvalue weighted by Gasteiger charge is -2.43. The summed E-state index contributed by atoms with van der Waals surface area (Å²) in [6.07, 6.45) is 5.31. The minimum atomic E-state index is -0.424. The number of carbonyl (C=O) groups excluding carboxylic acids is 1. The molecule has 7 heteroatoms. The molecule has 0 aromatic heterocycles. The summed E-state index contributed by atoms with van der Waals surface area (Å²) in [4.78, 5) is 22.6. The molecule has 2 atom stereocenters. The fourth-order valence-corrected chi connectivity index (χ4v) is 4.07. The van der Waals surface area contributed by atoms with E-state index in [4.69, 9.17) is 5.73 Å². The van der Waals surface area contributed by atoms with Crippen LogP contribution in [-0.4, -0.2) is 16.9 Å². The zero-order valence-electron chi connectivity index (χ0n) is 13.5. The molecule has 1 aromatic rings. The second-order valence-electron chi connectivity index (χ2n) is 6.84. The molecule has 3 rings (SSSR count). The Morgan fingerprint density at radius 1 is 1.21 bits per heavy atom. The van der Waals surface area contributed by atoms with Gasteiger partial charge in [0.05, 0.1) is 4.92 Å². The van der Waals surface area contributed by atoms with Crippen molar-refractivity contribution in [1.82, 2.24) is 5.32 Å². The molecule has 2 aliphatic rings. The summed E-state index contributed by atoms with van der Waals surface area (Å²) < 4.78 is 0. The molecule has 132 valence electrons. The molecular weight excluding hydrogens is 330 g/mol. The SMILES string of the molecule is Cl.NC1C2CCCC1CC(C(=O)NCc1ccc([N+](=O)[O-])cc1)C2. The minimum Gasteiger partial charge on any atom is -0.352 e. The van der Waals surface area contributed by atoms with E-state index >= 15 is 0 Å². The fourth-order valence-electron chi connectivity index (χ4n) is 4.07. The van der Waals surface area contributed by atoms with Crippen molar-refractivity contribution < 1.29 is 9.72 Å². The summed E-state index contributed by atoms with van der Waals surface area (Å²) in [7, 11) is 0. The molecule has 2 unspecified atom stereocenters. The monoisotopic (exact) mass is 353 g/mol. The lowest BCUT2D eigenvalue weighted by Crippen LogP contribution is -2.49. The number of fused-ring (bicyclic) bond motifs is 2. The smallest absolute Gasteiger partial charge is 0.269 e. The highest BCUT2D eigenvalue weighted by Crippen LogP contribution is 2.41. The van der Waals surface area contributed by atoms with E-state index < -0.39 is 4.92 Å². The lowest BCUT2D eigenvalue weighted by molar-refractivity contribution is -0.384. The van der Waals surface area contributed by atoms with Crippen LogP contribution in [0.5, 0.6) is 0 Å². The quantitative estimate of drug-likeness (QED) is 0.642. The first-order valence-electron chi connectivity index (χ1n) is 8.31. The number of amides is 1. The molecule has 1 aromatic carbocycles. The Morgan fingerprint density at radius 2 is 1.79 bits per heavy atom. The van der Waals surface area contributed by atoms with E-state index in [-0.39, 0.29) is 36.0 Å². The van der Waals surface area contributed by atoms with Crippen LogP contribution in [0.2, 0.25) is 0 Å². The van der Waals surface area contributed by atoms with Crippen molar-refractivity contribution in [2.45, 2.75) is 44.7 Å².